The number of benzene rings is 2. The Kier molecular flexibility index (Phi) is 4.43. The van der Waals surface area contributed by atoms with Crippen LogP contribution < -0.4 is 4.74 Å². The number of hydrogen-bond donors (Lipinski definition) is 0. The third-order valence-electron chi connectivity index (χ3n) is 3.37. The monoisotopic (exact) mass is 340 g/mol. The molecular weight excluding hydrogens is 326 g/mol. The summed E-state index contributed by atoms with van der Waals surface area (Å²) in [4.78, 5) is -0.535. The van der Waals surface area contributed by atoms with E-state index in [1.165, 1.54) is 19.2 Å². The summed E-state index contributed by atoms with van der Waals surface area (Å²) in [5, 5.41) is 0. The van der Waals surface area contributed by atoms with Crippen LogP contribution in [0.1, 0.15) is 27.1 Å². The van der Waals surface area contributed by atoms with Crippen LogP contribution in [0.5, 0.6) is 5.75 Å². The van der Waals surface area contributed by atoms with Gasteiger partial charge in [-0.1, -0.05) is 34.1 Å². The minimum absolute atomic E-state index is 0.00551. The molecule has 0 aromatic heterocycles. The van der Waals surface area contributed by atoms with Crippen LogP contribution in [-0.2, 0) is 0 Å². The van der Waals surface area contributed by atoms with E-state index >= 15 is 0 Å². The molecule has 0 spiro atoms. The highest BCUT2D eigenvalue weighted by Gasteiger charge is 2.21. The van der Waals surface area contributed by atoms with E-state index in [0.717, 1.165) is 16.7 Å². The molecule has 0 aliphatic heterocycles. The Labute approximate surface area is 125 Å². The molecule has 2 aromatic rings. The van der Waals surface area contributed by atoms with E-state index in [1.807, 2.05) is 32.0 Å². The minimum Gasteiger partial charge on any atom is -0.497 e. The molecular formula is C16H15BrF2O. The molecule has 20 heavy (non-hydrogen) atoms. The van der Waals surface area contributed by atoms with Gasteiger partial charge in [0, 0.05) is 17.7 Å². The first-order valence-electron chi connectivity index (χ1n) is 6.18. The molecule has 0 N–H and O–H groups in total. The van der Waals surface area contributed by atoms with Crippen molar-refractivity contribution in [2.24, 2.45) is 0 Å². The predicted octanol–water partition coefficient (Wildman–Crippen LogP) is 5.07. The molecule has 2 rings (SSSR count). The van der Waals surface area contributed by atoms with Gasteiger partial charge in [0.25, 0.3) is 0 Å². The van der Waals surface area contributed by atoms with Gasteiger partial charge in [-0.05, 0) is 30.5 Å². The van der Waals surface area contributed by atoms with Crippen molar-refractivity contribution in [2.75, 3.05) is 7.11 Å². The first-order chi connectivity index (χ1) is 9.43. The third kappa shape index (κ3) is 2.85. The highest BCUT2D eigenvalue weighted by molar-refractivity contribution is 9.09. The Morgan fingerprint density at radius 2 is 1.60 bits per heavy atom. The second-order valence-electron chi connectivity index (χ2n) is 4.71. The van der Waals surface area contributed by atoms with Gasteiger partial charge in [0.15, 0.2) is 0 Å². The van der Waals surface area contributed by atoms with E-state index in [0.29, 0.717) is 0 Å². The van der Waals surface area contributed by atoms with Gasteiger partial charge in [0.2, 0.25) is 0 Å². The summed E-state index contributed by atoms with van der Waals surface area (Å²) in [6.07, 6.45) is 0. The number of rotatable bonds is 3. The average molecular weight is 341 g/mol. The molecule has 0 fully saturated rings. The van der Waals surface area contributed by atoms with Crippen LogP contribution in [0, 0.1) is 25.5 Å². The largest absolute Gasteiger partial charge is 0.497 e. The molecule has 106 valence electrons. The number of ether oxygens (including phenoxy) is 1. The Bertz CT molecular complexity index is 617. The van der Waals surface area contributed by atoms with Crippen LogP contribution in [0.4, 0.5) is 8.78 Å². The number of halogens is 3. The number of methoxy groups -OCH3 is 1. The molecule has 1 atom stereocenters. The summed E-state index contributed by atoms with van der Waals surface area (Å²) >= 11 is 3.38. The molecule has 0 saturated carbocycles. The fourth-order valence-electron chi connectivity index (χ4n) is 2.01. The Hall–Kier alpha value is -1.42. The first kappa shape index (κ1) is 15.0. The van der Waals surface area contributed by atoms with Crippen molar-refractivity contribution >= 4 is 15.9 Å². The summed E-state index contributed by atoms with van der Waals surface area (Å²) in [7, 11) is 1.38. The van der Waals surface area contributed by atoms with Crippen LogP contribution in [0.3, 0.4) is 0 Å². The van der Waals surface area contributed by atoms with Gasteiger partial charge in [-0.15, -0.1) is 0 Å². The molecule has 0 saturated heterocycles. The van der Waals surface area contributed by atoms with Crippen LogP contribution in [0.2, 0.25) is 0 Å². The fourth-order valence-corrected chi connectivity index (χ4v) is 2.73. The van der Waals surface area contributed by atoms with Gasteiger partial charge in [0.05, 0.1) is 11.9 Å². The fraction of sp³-hybridized carbons (Fsp3) is 0.250. The maximum atomic E-state index is 14.1. The molecule has 0 bridgehead atoms. The molecule has 2 aromatic carbocycles. The van der Waals surface area contributed by atoms with E-state index in [9.17, 15) is 8.78 Å². The normalized spacial score (nSPS) is 12.3. The Morgan fingerprint density at radius 1 is 1.00 bits per heavy atom. The van der Waals surface area contributed by atoms with Crippen molar-refractivity contribution in [3.63, 3.8) is 0 Å². The minimum atomic E-state index is -0.623. The highest BCUT2D eigenvalue weighted by Crippen LogP contribution is 2.36. The number of alkyl halides is 1. The summed E-state index contributed by atoms with van der Waals surface area (Å²) in [5.74, 6) is -1.08. The maximum Gasteiger partial charge on any atom is 0.134 e. The van der Waals surface area contributed by atoms with E-state index in [1.54, 1.807) is 0 Å². The van der Waals surface area contributed by atoms with Gasteiger partial charge in [-0.2, -0.15) is 0 Å². The van der Waals surface area contributed by atoms with Crippen LogP contribution in [0.25, 0.3) is 0 Å². The topological polar surface area (TPSA) is 9.23 Å². The van der Waals surface area contributed by atoms with Crippen LogP contribution in [-0.4, -0.2) is 7.11 Å². The van der Waals surface area contributed by atoms with E-state index in [-0.39, 0.29) is 11.3 Å². The maximum absolute atomic E-state index is 14.1. The zero-order valence-electron chi connectivity index (χ0n) is 11.5. The second kappa shape index (κ2) is 5.92. The molecule has 0 amide bonds. The molecule has 0 heterocycles. The van der Waals surface area contributed by atoms with Gasteiger partial charge in [-0.3, -0.25) is 0 Å². The zero-order valence-corrected chi connectivity index (χ0v) is 13.1. The summed E-state index contributed by atoms with van der Waals surface area (Å²) in [6, 6.07) is 8.11. The van der Waals surface area contributed by atoms with Crippen molar-refractivity contribution in [2.45, 2.75) is 18.7 Å². The third-order valence-corrected chi connectivity index (χ3v) is 4.35. The van der Waals surface area contributed by atoms with Crippen molar-refractivity contribution in [1.82, 2.24) is 0 Å². The van der Waals surface area contributed by atoms with Crippen molar-refractivity contribution in [3.05, 3.63) is 64.2 Å². The first-order valence-corrected chi connectivity index (χ1v) is 7.09. The van der Waals surface area contributed by atoms with Crippen molar-refractivity contribution < 1.29 is 13.5 Å². The second-order valence-corrected chi connectivity index (χ2v) is 5.63. The van der Waals surface area contributed by atoms with Crippen LogP contribution in [0.15, 0.2) is 30.3 Å². The number of hydrogen-bond acceptors (Lipinski definition) is 1. The molecule has 0 aliphatic carbocycles. The molecule has 4 heteroatoms. The van der Waals surface area contributed by atoms with E-state index < -0.39 is 16.5 Å². The predicted molar refractivity (Wildman–Crippen MR) is 79.6 cm³/mol. The summed E-state index contributed by atoms with van der Waals surface area (Å²) in [5.41, 5.74) is 3.04. The van der Waals surface area contributed by atoms with E-state index in [4.69, 9.17) is 4.74 Å². The molecule has 0 radical (unpaired) electrons. The Morgan fingerprint density at radius 3 is 2.10 bits per heavy atom. The van der Waals surface area contributed by atoms with E-state index in [2.05, 4.69) is 15.9 Å². The lowest BCUT2D eigenvalue weighted by Gasteiger charge is -2.15. The lowest BCUT2D eigenvalue weighted by atomic mass is 9.99. The molecule has 1 nitrogen and oxygen atoms in total. The van der Waals surface area contributed by atoms with Crippen molar-refractivity contribution in [1.29, 1.82) is 0 Å². The lowest BCUT2D eigenvalue weighted by molar-refractivity contribution is 0.405. The summed E-state index contributed by atoms with van der Waals surface area (Å²) in [6.45, 7) is 3.97. The Balaban J connectivity index is 2.47. The van der Waals surface area contributed by atoms with Gasteiger partial charge >= 0.3 is 0 Å². The van der Waals surface area contributed by atoms with Crippen LogP contribution >= 0.6 is 15.9 Å². The number of aryl methyl sites for hydroxylation is 2. The highest BCUT2D eigenvalue weighted by atomic mass is 79.9. The van der Waals surface area contributed by atoms with Crippen molar-refractivity contribution in [3.8, 4) is 5.75 Å². The molecule has 0 aliphatic rings. The average Bonchev–Trinajstić information content (AvgIpc) is 2.40. The zero-order chi connectivity index (χ0) is 14.9. The van der Waals surface area contributed by atoms with Gasteiger partial charge in [0.1, 0.15) is 17.4 Å². The van der Waals surface area contributed by atoms with Gasteiger partial charge < -0.3 is 4.74 Å². The quantitative estimate of drug-likeness (QED) is 0.708. The standard InChI is InChI=1S/C16H15BrF2O/c1-9-4-5-11(6-10(9)2)16(17)15-13(18)7-12(20-3)8-14(15)19/h4-8,16H,1-3H3. The molecule has 1 unspecified atom stereocenters. The smallest absolute Gasteiger partial charge is 0.134 e. The summed E-state index contributed by atoms with van der Waals surface area (Å²) < 4.78 is 33.0. The van der Waals surface area contributed by atoms with Gasteiger partial charge in [-0.25, -0.2) is 8.78 Å². The lowest BCUT2D eigenvalue weighted by Crippen LogP contribution is -2.02. The SMILES string of the molecule is COc1cc(F)c(C(Br)c2ccc(C)c(C)c2)c(F)c1.